The molecule has 1 fully saturated rings. The van der Waals surface area contributed by atoms with Crippen molar-refractivity contribution in [2.24, 2.45) is 5.41 Å². The van der Waals surface area contributed by atoms with Crippen molar-refractivity contribution >= 4 is 0 Å². The maximum atomic E-state index is 6.26. The summed E-state index contributed by atoms with van der Waals surface area (Å²) >= 11 is 0. The SMILES string of the molecule is CCNC1CC(Oc2c(C)cccc2C)C1(C)C. The topological polar surface area (TPSA) is 21.3 Å². The average Bonchev–Trinajstić information content (AvgIpc) is 2.31. The molecule has 0 heterocycles. The Labute approximate surface area is 111 Å². The van der Waals surface area contributed by atoms with E-state index >= 15 is 0 Å². The van der Waals surface area contributed by atoms with E-state index in [9.17, 15) is 0 Å². The van der Waals surface area contributed by atoms with Crippen molar-refractivity contribution in [2.45, 2.75) is 53.2 Å². The van der Waals surface area contributed by atoms with Gasteiger partial charge in [-0.3, -0.25) is 0 Å². The summed E-state index contributed by atoms with van der Waals surface area (Å²) < 4.78 is 6.26. The summed E-state index contributed by atoms with van der Waals surface area (Å²) in [5.41, 5.74) is 2.68. The molecular weight excluding hydrogens is 222 g/mol. The number of nitrogens with one attached hydrogen (secondary N) is 1. The molecule has 0 spiro atoms. The van der Waals surface area contributed by atoms with Crippen LogP contribution in [0.15, 0.2) is 18.2 Å². The van der Waals surface area contributed by atoms with E-state index in [2.05, 4.69) is 58.1 Å². The van der Waals surface area contributed by atoms with Crippen LogP contribution in [0.2, 0.25) is 0 Å². The van der Waals surface area contributed by atoms with Crippen molar-refractivity contribution < 1.29 is 4.74 Å². The van der Waals surface area contributed by atoms with Gasteiger partial charge < -0.3 is 10.1 Å². The van der Waals surface area contributed by atoms with Gasteiger partial charge in [0.05, 0.1) is 0 Å². The molecule has 2 nitrogen and oxygen atoms in total. The van der Waals surface area contributed by atoms with Gasteiger partial charge in [-0.25, -0.2) is 0 Å². The molecule has 1 aromatic carbocycles. The second-order valence-electron chi connectivity index (χ2n) is 5.99. The highest BCUT2D eigenvalue weighted by Gasteiger charge is 2.49. The molecule has 0 amide bonds. The molecule has 1 N–H and O–H groups in total. The van der Waals surface area contributed by atoms with E-state index in [1.165, 1.54) is 11.1 Å². The fourth-order valence-corrected chi connectivity index (χ4v) is 2.81. The summed E-state index contributed by atoms with van der Waals surface area (Å²) in [6.07, 6.45) is 1.43. The fourth-order valence-electron chi connectivity index (χ4n) is 2.81. The van der Waals surface area contributed by atoms with Crippen LogP contribution in [0.1, 0.15) is 38.3 Å². The van der Waals surface area contributed by atoms with E-state index in [4.69, 9.17) is 4.74 Å². The molecule has 0 aromatic heterocycles. The van der Waals surface area contributed by atoms with Crippen LogP contribution in [0.4, 0.5) is 0 Å². The molecule has 18 heavy (non-hydrogen) atoms. The van der Waals surface area contributed by atoms with Crippen molar-refractivity contribution in [1.82, 2.24) is 5.32 Å². The summed E-state index contributed by atoms with van der Waals surface area (Å²) in [6, 6.07) is 6.91. The van der Waals surface area contributed by atoms with Gasteiger partial charge in [0.2, 0.25) is 0 Å². The number of aryl methyl sites for hydroxylation is 2. The lowest BCUT2D eigenvalue weighted by molar-refractivity contribution is -0.0547. The van der Waals surface area contributed by atoms with Gasteiger partial charge >= 0.3 is 0 Å². The molecule has 0 saturated heterocycles. The molecular formula is C16H25NO. The Morgan fingerprint density at radius 1 is 1.28 bits per heavy atom. The molecule has 0 bridgehead atoms. The zero-order chi connectivity index (χ0) is 13.3. The van der Waals surface area contributed by atoms with Gasteiger partial charge in [-0.2, -0.15) is 0 Å². The van der Waals surface area contributed by atoms with Crippen LogP contribution in [0.5, 0.6) is 5.75 Å². The number of hydrogen-bond donors (Lipinski definition) is 1. The van der Waals surface area contributed by atoms with Crippen LogP contribution in [-0.2, 0) is 0 Å². The van der Waals surface area contributed by atoms with Gasteiger partial charge in [0.25, 0.3) is 0 Å². The van der Waals surface area contributed by atoms with E-state index in [0.717, 1.165) is 18.7 Å². The lowest BCUT2D eigenvalue weighted by Crippen LogP contribution is -2.62. The number of para-hydroxylation sites is 1. The number of ether oxygens (including phenoxy) is 1. The second kappa shape index (κ2) is 4.93. The molecule has 0 aliphatic heterocycles. The molecule has 2 atom stereocenters. The monoisotopic (exact) mass is 247 g/mol. The first-order chi connectivity index (χ1) is 8.46. The Morgan fingerprint density at radius 3 is 2.39 bits per heavy atom. The van der Waals surface area contributed by atoms with Crippen molar-refractivity contribution in [3.8, 4) is 5.75 Å². The Hall–Kier alpha value is -1.02. The fraction of sp³-hybridized carbons (Fsp3) is 0.625. The quantitative estimate of drug-likeness (QED) is 0.879. The van der Waals surface area contributed by atoms with Gasteiger partial charge in [0.15, 0.2) is 0 Å². The summed E-state index contributed by atoms with van der Waals surface area (Å²) in [4.78, 5) is 0. The smallest absolute Gasteiger partial charge is 0.125 e. The number of rotatable bonds is 4. The standard InChI is InChI=1S/C16H25NO/c1-6-17-13-10-14(16(13,4)5)18-15-11(2)8-7-9-12(15)3/h7-9,13-14,17H,6,10H2,1-5H3. The minimum Gasteiger partial charge on any atom is -0.489 e. The maximum Gasteiger partial charge on any atom is 0.125 e. The predicted molar refractivity (Wildman–Crippen MR) is 76.2 cm³/mol. The third-order valence-electron chi connectivity index (χ3n) is 4.30. The van der Waals surface area contributed by atoms with Gasteiger partial charge in [-0.15, -0.1) is 0 Å². The molecule has 2 rings (SSSR count). The van der Waals surface area contributed by atoms with E-state index in [-0.39, 0.29) is 5.41 Å². The molecule has 1 saturated carbocycles. The minimum atomic E-state index is 0.213. The predicted octanol–water partition coefficient (Wildman–Crippen LogP) is 3.46. The molecule has 100 valence electrons. The lowest BCUT2D eigenvalue weighted by atomic mass is 9.64. The van der Waals surface area contributed by atoms with Crippen LogP contribution in [0, 0.1) is 19.3 Å². The van der Waals surface area contributed by atoms with E-state index in [0.29, 0.717) is 12.1 Å². The normalized spacial score (nSPS) is 25.6. The Kier molecular flexibility index (Phi) is 3.67. The highest BCUT2D eigenvalue weighted by molar-refractivity contribution is 5.40. The van der Waals surface area contributed by atoms with E-state index < -0.39 is 0 Å². The van der Waals surface area contributed by atoms with Crippen molar-refractivity contribution in [1.29, 1.82) is 0 Å². The van der Waals surface area contributed by atoms with Gasteiger partial charge in [-0.05, 0) is 31.5 Å². The largest absolute Gasteiger partial charge is 0.489 e. The van der Waals surface area contributed by atoms with E-state index in [1.807, 2.05) is 0 Å². The summed E-state index contributed by atoms with van der Waals surface area (Å²) in [5, 5.41) is 3.54. The zero-order valence-electron chi connectivity index (χ0n) is 12.2. The summed E-state index contributed by atoms with van der Waals surface area (Å²) in [6.45, 7) is 12.0. The molecule has 2 heteroatoms. The van der Waals surface area contributed by atoms with Crippen molar-refractivity contribution in [2.75, 3.05) is 6.54 Å². The van der Waals surface area contributed by atoms with Crippen LogP contribution in [0.3, 0.4) is 0 Å². The summed E-state index contributed by atoms with van der Waals surface area (Å²) in [7, 11) is 0. The van der Waals surface area contributed by atoms with Crippen molar-refractivity contribution in [3.05, 3.63) is 29.3 Å². The molecule has 2 unspecified atom stereocenters. The number of hydrogen-bond acceptors (Lipinski definition) is 2. The maximum absolute atomic E-state index is 6.26. The highest BCUT2D eigenvalue weighted by atomic mass is 16.5. The first kappa shape index (κ1) is 13.4. The third kappa shape index (κ3) is 2.26. The van der Waals surface area contributed by atoms with Crippen LogP contribution in [0.25, 0.3) is 0 Å². The lowest BCUT2D eigenvalue weighted by Gasteiger charge is -2.52. The van der Waals surface area contributed by atoms with Gasteiger partial charge in [0, 0.05) is 17.9 Å². The van der Waals surface area contributed by atoms with Crippen molar-refractivity contribution in [3.63, 3.8) is 0 Å². The van der Waals surface area contributed by atoms with Gasteiger partial charge in [-0.1, -0.05) is 39.0 Å². The third-order valence-corrected chi connectivity index (χ3v) is 4.30. The van der Waals surface area contributed by atoms with E-state index in [1.54, 1.807) is 0 Å². The average molecular weight is 247 g/mol. The Bertz CT molecular complexity index is 405. The number of benzene rings is 1. The first-order valence-corrected chi connectivity index (χ1v) is 6.93. The van der Waals surface area contributed by atoms with Crippen LogP contribution < -0.4 is 10.1 Å². The summed E-state index contributed by atoms with van der Waals surface area (Å²) in [5.74, 6) is 1.07. The Balaban J connectivity index is 2.08. The molecule has 0 radical (unpaired) electrons. The zero-order valence-corrected chi connectivity index (χ0v) is 12.2. The molecule has 1 aliphatic carbocycles. The van der Waals surface area contributed by atoms with Crippen LogP contribution in [-0.4, -0.2) is 18.7 Å². The second-order valence-corrected chi connectivity index (χ2v) is 5.99. The van der Waals surface area contributed by atoms with Gasteiger partial charge in [0.1, 0.15) is 11.9 Å². The Morgan fingerprint density at radius 2 is 1.89 bits per heavy atom. The molecule has 1 aromatic rings. The minimum absolute atomic E-state index is 0.213. The first-order valence-electron chi connectivity index (χ1n) is 6.93. The highest BCUT2D eigenvalue weighted by Crippen LogP contribution is 2.43. The van der Waals surface area contributed by atoms with Crippen LogP contribution >= 0.6 is 0 Å². The molecule has 1 aliphatic rings.